The average Bonchev–Trinajstić information content (AvgIpc) is 2.18. The van der Waals surface area contributed by atoms with Gasteiger partial charge in [-0.25, -0.2) is 0 Å². The van der Waals surface area contributed by atoms with Crippen molar-refractivity contribution >= 4 is 11.5 Å². The van der Waals surface area contributed by atoms with Gasteiger partial charge in [-0.15, -0.1) is 8.37 Å². The highest BCUT2D eigenvalue weighted by Gasteiger charge is 2.27. The minimum Gasteiger partial charge on any atom is -0.391 e. The van der Waals surface area contributed by atoms with E-state index in [4.69, 9.17) is 8.37 Å². The van der Waals surface area contributed by atoms with Gasteiger partial charge in [0, 0.05) is 6.42 Å². The van der Waals surface area contributed by atoms with Crippen molar-refractivity contribution in [3.8, 4) is 0 Å². The number of hydrogen-bond donors (Lipinski definition) is 1. The molecule has 0 aliphatic heterocycles. The molecule has 0 amide bonds. The van der Waals surface area contributed by atoms with Crippen molar-refractivity contribution in [3.63, 3.8) is 0 Å². The predicted octanol–water partition coefficient (Wildman–Crippen LogP) is 1.41. The molecule has 0 aromatic carbocycles. The van der Waals surface area contributed by atoms with E-state index >= 15 is 0 Å². The molecule has 0 aromatic rings. The molecule has 0 aliphatic rings. The van der Waals surface area contributed by atoms with E-state index in [1.165, 1.54) is 0 Å². The van der Waals surface area contributed by atoms with Crippen LogP contribution in [0.5, 0.6) is 0 Å². The summed E-state index contributed by atoms with van der Waals surface area (Å²) in [6.45, 7) is 6.19. The van der Waals surface area contributed by atoms with Crippen molar-refractivity contribution in [1.82, 2.24) is 0 Å². The molecule has 90 valence electrons. The fraction of sp³-hybridized carbons (Fsp3) is 1.00. The summed E-state index contributed by atoms with van der Waals surface area (Å²) in [5.74, 6) is 0.649. The largest absolute Gasteiger partial charge is 0.391 e. The summed E-state index contributed by atoms with van der Waals surface area (Å²) in [5, 5.41) is 12.0. The van der Waals surface area contributed by atoms with E-state index in [1.54, 1.807) is 13.8 Å². The van der Waals surface area contributed by atoms with E-state index in [2.05, 4.69) is 5.18 Å². The molecular formula is C9H20NO4S+. The molecule has 15 heavy (non-hydrogen) atoms. The van der Waals surface area contributed by atoms with Crippen LogP contribution in [0.2, 0.25) is 0 Å². The van der Waals surface area contributed by atoms with Crippen LogP contribution in [0.4, 0.5) is 0 Å². The number of nitroso groups, excluding NO2 is 1. The van der Waals surface area contributed by atoms with Crippen LogP contribution in [0.1, 0.15) is 27.2 Å². The molecule has 0 fully saturated rings. The smallest absolute Gasteiger partial charge is 0.315 e. The lowest BCUT2D eigenvalue weighted by Gasteiger charge is -2.12. The Hall–Kier alpha value is -0.170. The molecular weight excluding hydrogens is 218 g/mol. The summed E-state index contributed by atoms with van der Waals surface area (Å²) >= 11 is -0.636. The molecule has 1 N–H and O–H groups in total. The Morgan fingerprint density at radius 2 is 2.13 bits per heavy atom. The molecule has 0 radical (unpaired) electrons. The second-order valence-electron chi connectivity index (χ2n) is 3.16. The van der Waals surface area contributed by atoms with Crippen molar-refractivity contribution in [2.75, 3.05) is 18.9 Å². The maximum atomic E-state index is 9.91. The van der Waals surface area contributed by atoms with Crippen LogP contribution < -0.4 is 0 Å². The van der Waals surface area contributed by atoms with Gasteiger partial charge in [-0.2, -0.15) is 4.91 Å². The molecule has 0 spiro atoms. The van der Waals surface area contributed by atoms with Crippen LogP contribution >= 0.6 is 0 Å². The van der Waals surface area contributed by atoms with Crippen LogP contribution in [0, 0.1) is 4.91 Å². The second kappa shape index (κ2) is 9.08. The van der Waals surface area contributed by atoms with Crippen molar-refractivity contribution in [1.29, 1.82) is 0 Å². The van der Waals surface area contributed by atoms with Crippen LogP contribution in [-0.4, -0.2) is 36.2 Å². The monoisotopic (exact) mass is 238 g/mol. The molecule has 0 saturated carbocycles. The lowest BCUT2D eigenvalue weighted by molar-refractivity contribution is 0.0620. The minimum absolute atomic E-state index is 0.260. The molecule has 3 unspecified atom stereocenters. The first-order chi connectivity index (χ1) is 7.11. The zero-order valence-corrected chi connectivity index (χ0v) is 10.3. The van der Waals surface area contributed by atoms with Gasteiger partial charge in [-0.3, -0.25) is 0 Å². The summed E-state index contributed by atoms with van der Waals surface area (Å²) in [4.78, 5) is 9.91. The standard InChI is InChI=1S/C9H20NO4S/c1-4-13-15(7-5-6-10-12)14-9(3)8(2)11/h8-9,11H,4-7H2,1-3H3/q+1. The quantitative estimate of drug-likeness (QED) is 0.375. The van der Waals surface area contributed by atoms with Gasteiger partial charge in [0.25, 0.3) is 0 Å². The fourth-order valence-electron chi connectivity index (χ4n) is 0.763. The van der Waals surface area contributed by atoms with Gasteiger partial charge in [0.05, 0.1) is 12.6 Å². The lowest BCUT2D eigenvalue weighted by Crippen LogP contribution is -2.28. The number of hydrogen-bond acceptors (Lipinski definition) is 5. The number of rotatable bonds is 9. The first-order valence-electron chi connectivity index (χ1n) is 5.10. The highest BCUT2D eigenvalue weighted by atomic mass is 32.2. The molecule has 0 aromatic heterocycles. The first kappa shape index (κ1) is 14.8. The van der Waals surface area contributed by atoms with E-state index in [0.29, 0.717) is 18.8 Å². The molecule has 3 atom stereocenters. The van der Waals surface area contributed by atoms with E-state index in [0.717, 1.165) is 0 Å². The number of aliphatic hydroxyl groups is 1. The average molecular weight is 238 g/mol. The predicted molar refractivity (Wildman–Crippen MR) is 61.4 cm³/mol. The third-order valence-electron chi connectivity index (χ3n) is 1.75. The van der Waals surface area contributed by atoms with Gasteiger partial charge < -0.3 is 5.11 Å². The summed E-state index contributed by atoms with van der Waals surface area (Å²) in [7, 11) is 0. The van der Waals surface area contributed by atoms with Crippen molar-refractivity contribution in [2.24, 2.45) is 5.18 Å². The summed E-state index contributed by atoms with van der Waals surface area (Å²) in [5.41, 5.74) is 0. The Kier molecular flexibility index (Phi) is 8.98. The Bertz CT molecular complexity index is 168. The van der Waals surface area contributed by atoms with Gasteiger partial charge in [-0.1, -0.05) is 5.18 Å². The summed E-state index contributed by atoms with van der Waals surface area (Å²) in [6, 6.07) is 0. The van der Waals surface area contributed by atoms with E-state index in [9.17, 15) is 10.0 Å². The second-order valence-corrected chi connectivity index (χ2v) is 4.61. The van der Waals surface area contributed by atoms with Gasteiger partial charge in [0.1, 0.15) is 12.7 Å². The van der Waals surface area contributed by atoms with Crippen molar-refractivity contribution in [3.05, 3.63) is 4.91 Å². The topological polar surface area (TPSA) is 68.1 Å². The summed E-state index contributed by atoms with van der Waals surface area (Å²) < 4.78 is 10.9. The third kappa shape index (κ3) is 7.72. The van der Waals surface area contributed by atoms with E-state index < -0.39 is 17.6 Å². The Morgan fingerprint density at radius 1 is 1.47 bits per heavy atom. The Morgan fingerprint density at radius 3 is 2.60 bits per heavy atom. The molecule has 0 bridgehead atoms. The van der Waals surface area contributed by atoms with Crippen LogP contribution in [0.3, 0.4) is 0 Å². The Balaban J connectivity index is 3.85. The number of aliphatic hydroxyl groups excluding tert-OH is 1. The third-order valence-corrected chi connectivity index (χ3v) is 3.39. The highest BCUT2D eigenvalue weighted by Crippen LogP contribution is 2.10. The van der Waals surface area contributed by atoms with Gasteiger partial charge in [-0.05, 0) is 20.8 Å². The molecule has 0 saturated heterocycles. The molecule has 0 heterocycles. The molecule has 0 rings (SSSR count). The number of nitrogens with zero attached hydrogens (tertiary/aromatic N) is 1. The molecule has 5 nitrogen and oxygen atoms in total. The van der Waals surface area contributed by atoms with Gasteiger partial charge in [0.15, 0.2) is 5.75 Å². The maximum absolute atomic E-state index is 9.91. The van der Waals surface area contributed by atoms with Crippen molar-refractivity contribution < 1.29 is 13.5 Å². The van der Waals surface area contributed by atoms with E-state index in [1.807, 2.05) is 6.92 Å². The highest BCUT2D eigenvalue weighted by molar-refractivity contribution is 7.87. The Labute approximate surface area is 93.9 Å². The maximum Gasteiger partial charge on any atom is 0.315 e. The molecule has 0 aliphatic carbocycles. The fourth-order valence-corrected chi connectivity index (χ4v) is 2.16. The van der Waals surface area contributed by atoms with E-state index in [-0.39, 0.29) is 12.6 Å². The van der Waals surface area contributed by atoms with Crippen molar-refractivity contribution in [2.45, 2.75) is 39.4 Å². The zero-order chi connectivity index (χ0) is 11.7. The zero-order valence-electron chi connectivity index (χ0n) is 9.51. The van der Waals surface area contributed by atoms with Crippen LogP contribution in [0.15, 0.2) is 5.18 Å². The van der Waals surface area contributed by atoms with Crippen LogP contribution in [-0.2, 0) is 19.8 Å². The van der Waals surface area contributed by atoms with Gasteiger partial charge in [0.2, 0.25) is 0 Å². The first-order valence-corrected chi connectivity index (χ1v) is 6.34. The van der Waals surface area contributed by atoms with Crippen LogP contribution in [0.25, 0.3) is 0 Å². The normalized spacial score (nSPS) is 17.1. The minimum atomic E-state index is -0.636. The summed E-state index contributed by atoms with van der Waals surface area (Å²) in [6.07, 6.45) is -0.132. The SMILES string of the molecule is CCO[S+](CCCN=O)OC(C)C(C)O. The molecule has 6 heteroatoms. The lowest BCUT2D eigenvalue weighted by atomic mass is 10.3. The van der Waals surface area contributed by atoms with Gasteiger partial charge >= 0.3 is 11.5 Å².